The van der Waals surface area contributed by atoms with Crippen LogP contribution in [0.3, 0.4) is 0 Å². The van der Waals surface area contributed by atoms with Gasteiger partial charge in [-0.1, -0.05) is 88.7 Å². The number of halogens is 1. The molecule has 216 valence electrons. The second-order valence-corrected chi connectivity index (χ2v) is 11.9. The van der Waals surface area contributed by atoms with Crippen LogP contribution in [0.1, 0.15) is 30.0 Å². The van der Waals surface area contributed by atoms with Gasteiger partial charge in [-0.15, -0.1) is 13.2 Å². The summed E-state index contributed by atoms with van der Waals surface area (Å²) in [5.74, 6) is -3.05. The number of amides is 2. The normalized spacial score (nSPS) is 28.7. The Balaban J connectivity index is 1.59. The van der Waals surface area contributed by atoms with Crippen molar-refractivity contribution in [2.45, 2.75) is 48.0 Å². The van der Waals surface area contributed by atoms with Crippen molar-refractivity contribution in [1.29, 1.82) is 0 Å². The number of hydrogen-bond donors (Lipinski definition) is 1. The molecule has 3 aliphatic heterocycles. The maximum atomic E-state index is 14.6. The van der Waals surface area contributed by atoms with Crippen molar-refractivity contribution in [3.8, 4) is 0 Å². The number of aliphatic hydroxyl groups excluding tert-OH is 1. The van der Waals surface area contributed by atoms with Crippen LogP contribution in [0.2, 0.25) is 0 Å². The lowest BCUT2D eigenvalue weighted by Gasteiger charge is -2.39. The quantitative estimate of drug-likeness (QED) is 0.167. The number of benzene rings is 2. The molecule has 8 nitrogen and oxygen atoms in total. The molecule has 3 aliphatic rings. The van der Waals surface area contributed by atoms with Crippen LogP contribution in [0.4, 0.5) is 0 Å². The van der Waals surface area contributed by atoms with Gasteiger partial charge in [0.25, 0.3) is 0 Å². The molecule has 0 saturated carbocycles. The molecule has 0 radical (unpaired) electrons. The second-order valence-electron chi connectivity index (χ2n) is 10.8. The van der Waals surface area contributed by atoms with Gasteiger partial charge in [0.2, 0.25) is 11.8 Å². The highest BCUT2D eigenvalue weighted by Gasteiger charge is 2.77. The van der Waals surface area contributed by atoms with E-state index in [1.54, 1.807) is 17.1 Å². The summed E-state index contributed by atoms with van der Waals surface area (Å²) in [6.07, 6.45) is 3.53. The molecule has 0 aliphatic carbocycles. The zero-order valence-corrected chi connectivity index (χ0v) is 24.4. The highest BCUT2D eigenvalue weighted by molar-refractivity contribution is 9.09. The summed E-state index contributed by atoms with van der Waals surface area (Å²) in [6, 6.07) is 16.8. The maximum absolute atomic E-state index is 14.6. The van der Waals surface area contributed by atoms with E-state index < -0.39 is 54.1 Å². The molecule has 2 amide bonds. The van der Waals surface area contributed by atoms with E-state index in [4.69, 9.17) is 9.47 Å². The van der Waals surface area contributed by atoms with Gasteiger partial charge in [-0.25, -0.2) is 0 Å². The van der Waals surface area contributed by atoms with Crippen molar-refractivity contribution in [2.75, 3.05) is 19.8 Å². The number of likely N-dealkylation sites (tertiary alicyclic amines) is 1. The number of aliphatic hydroxyl groups is 1. The fraction of sp³-hybridized carbons (Fsp3) is 0.406. The maximum Gasteiger partial charge on any atom is 0.312 e. The second kappa shape index (κ2) is 12.3. The molecule has 2 aromatic rings. The standard InChI is InChI=1S/C32H35BrN2O6/c1-3-5-17-40-31(39)25-26-29(37)35(24(20-36)22-14-10-7-11-15-22)28(32(26)18-23(33)27(25)41-32)30(38)34(16-4-2)19-21-12-8-6-9-13-21/h3-4,6-15,23-28,36H,1-2,5,16-20H2/t23?,24-,25-,26+,27-,28?,32?/m1/s1. The number of carbonyl (C=O) groups is 3. The van der Waals surface area contributed by atoms with Gasteiger partial charge >= 0.3 is 5.97 Å². The molecule has 1 N–H and O–H groups in total. The topological polar surface area (TPSA) is 96.4 Å². The van der Waals surface area contributed by atoms with Crippen LogP contribution in [-0.2, 0) is 30.4 Å². The van der Waals surface area contributed by atoms with Crippen molar-refractivity contribution in [2.24, 2.45) is 11.8 Å². The van der Waals surface area contributed by atoms with Gasteiger partial charge in [0.1, 0.15) is 11.6 Å². The average Bonchev–Trinajstić information content (AvgIpc) is 3.58. The number of nitrogens with zero attached hydrogens (tertiary/aromatic N) is 2. The first-order valence-corrected chi connectivity index (χ1v) is 14.8. The lowest BCUT2D eigenvalue weighted by atomic mass is 9.70. The monoisotopic (exact) mass is 622 g/mol. The van der Waals surface area contributed by atoms with Gasteiger partial charge < -0.3 is 24.4 Å². The van der Waals surface area contributed by atoms with Crippen LogP contribution >= 0.6 is 15.9 Å². The molecular weight excluding hydrogens is 588 g/mol. The first-order chi connectivity index (χ1) is 19.9. The van der Waals surface area contributed by atoms with E-state index in [-0.39, 0.29) is 23.9 Å². The Hall–Kier alpha value is -3.27. The summed E-state index contributed by atoms with van der Waals surface area (Å²) < 4.78 is 12.1. The number of ether oxygens (including phenoxy) is 2. The molecule has 41 heavy (non-hydrogen) atoms. The highest BCUT2D eigenvalue weighted by Crippen LogP contribution is 2.61. The Bertz CT molecular complexity index is 1290. The van der Waals surface area contributed by atoms with Crippen molar-refractivity contribution >= 4 is 33.7 Å². The number of rotatable bonds is 12. The summed E-state index contributed by atoms with van der Waals surface area (Å²) in [6.45, 7) is 7.81. The third kappa shape index (κ3) is 5.15. The Kier molecular flexibility index (Phi) is 8.77. The first kappa shape index (κ1) is 29.2. The van der Waals surface area contributed by atoms with E-state index in [0.717, 1.165) is 5.56 Å². The Morgan fingerprint density at radius 1 is 1.15 bits per heavy atom. The molecule has 0 aromatic heterocycles. The zero-order chi connectivity index (χ0) is 29.1. The van der Waals surface area contributed by atoms with E-state index in [9.17, 15) is 19.5 Å². The van der Waals surface area contributed by atoms with Gasteiger partial charge in [0, 0.05) is 17.9 Å². The number of esters is 1. The van der Waals surface area contributed by atoms with Crippen LogP contribution in [0.5, 0.6) is 0 Å². The van der Waals surface area contributed by atoms with Crippen molar-refractivity contribution < 1.29 is 29.0 Å². The van der Waals surface area contributed by atoms with E-state index in [0.29, 0.717) is 24.9 Å². The number of hydrogen-bond acceptors (Lipinski definition) is 6. The zero-order valence-electron chi connectivity index (χ0n) is 22.8. The van der Waals surface area contributed by atoms with Crippen LogP contribution < -0.4 is 0 Å². The number of carbonyl (C=O) groups excluding carboxylic acids is 3. The number of alkyl halides is 1. The lowest BCUT2D eigenvalue weighted by Crippen LogP contribution is -2.57. The van der Waals surface area contributed by atoms with Gasteiger partial charge in [-0.05, 0) is 24.0 Å². The average molecular weight is 624 g/mol. The SMILES string of the molecule is C=CCCOC(=O)[C@H]1[C@@H]2OC3(CC2Br)C(C(=O)N(CC=C)Cc2ccccc2)N([C@H](CO)c2ccccc2)C(=O)[C@H]13. The summed E-state index contributed by atoms with van der Waals surface area (Å²) in [5, 5.41) is 10.6. The Morgan fingerprint density at radius 3 is 2.46 bits per heavy atom. The molecule has 3 saturated heterocycles. The summed E-state index contributed by atoms with van der Waals surface area (Å²) >= 11 is 3.69. The smallest absolute Gasteiger partial charge is 0.312 e. The Labute approximate surface area is 248 Å². The van der Waals surface area contributed by atoms with E-state index >= 15 is 0 Å². The fourth-order valence-electron chi connectivity index (χ4n) is 6.69. The van der Waals surface area contributed by atoms with Crippen LogP contribution in [-0.4, -0.2) is 75.0 Å². The molecule has 9 heteroatoms. The highest BCUT2D eigenvalue weighted by atomic mass is 79.9. The predicted octanol–water partition coefficient (Wildman–Crippen LogP) is 3.80. The van der Waals surface area contributed by atoms with Gasteiger partial charge in [-0.3, -0.25) is 14.4 Å². The predicted molar refractivity (Wildman–Crippen MR) is 157 cm³/mol. The molecule has 3 unspecified atom stereocenters. The molecule has 3 heterocycles. The molecule has 5 rings (SSSR count). The van der Waals surface area contributed by atoms with E-state index in [2.05, 4.69) is 29.1 Å². The molecule has 7 atom stereocenters. The lowest BCUT2D eigenvalue weighted by molar-refractivity contribution is -0.156. The van der Waals surface area contributed by atoms with Gasteiger partial charge in [0.05, 0.1) is 37.2 Å². The molecule has 3 fully saturated rings. The van der Waals surface area contributed by atoms with Crippen molar-refractivity contribution in [1.82, 2.24) is 9.80 Å². The minimum atomic E-state index is -1.27. The molecule has 1 spiro atoms. The van der Waals surface area contributed by atoms with E-state index in [1.165, 1.54) is 4.90 Å². The fourth-order valence-corrected chi connectivity index (χ4v) is 7.63. The minimum absolute atomic E-state index is 0.145. The van der Waals surface area contributed by atoms with Crippen LogP contribution in [0.15, 0.2) is 86.0 Å². The summed E-state index contributed by atoms with van der Waals surface area (Å²) in [7, 11) is 0. The first-order valence-electron chi connectivity index (χ1n) is 13.9. The molecule has 2 aromatic carbocycles. The van der Waals surface area contributed by atoms with Crippen LogP contribution in [0.25, 0.3) is 0 Å². The third-order valence-corrected chi connectivity index (χ3v) is 9.21. The van der Waals surface area contributed by atoms with Gasteiger partial charge in [-0.2, -0.15) is 0 Å². The third-order valence-electron chi connectivity index (χ3n) is 8.37. The molecule has 2 bridgehead atoms. The van der Waals surface area contributed by atoms with Crippen LogP contribution in [0, 0.1) is 11.8 Å². The Morgan fingerprint density at radius 2 is 1.83 bits per heavy atom. The van der Waals surface area contributed by atoms with Crippen molar-refractivity contribution in [3.05, 3.63) is 97.1 Å². The largest absolute Gasteiger partial charge is 0.465 e. The van der Waals surface area contributed by atoms with Gasteiger partial charge in [0.15, 0.2) is 0 Å². The molecular formula is C32H35BrN2O6. The summed E-state index contributed by atoms with van der Waals surface area (Å²) in [5.41, 5.74) is 0.340. The number of fused-ring (bicyclic) bond motifs is 1. The summed E-state index contributed by atoms with van der Waals surface area (Å²) in [4.78, 5) is 45.4. The van der Waals surface area contributed by atoms with E-state index in [1.807, 2.05) is 60.7 Å². The minimum Gasteiger partial charge on any atom is -0.465 e. The van der Waals surface area contributed by atoms with Crippen molar-refractivity contribution in [3.63, 3.8) is 0 Å².